The zero-order valence-corrected chi connectivity index (χ0v) is 16.6. The zero-order chi connectivity index (χ0) is 20.3. The fourth-order valence-electron chi connectivity index (χ4n) is 3.28. The summed E-state index contributed by atoms with van der Waals surface area (Å²) in [7, 11) is 1.76. The van der Waals surface area contributed by atoms with Crippen LogP contribution in [-0.4, -0.2) is 43.0 Å². The van der Waals surface area contributed by atoms with E-state index in [-0.39, 0.29) is 17.2 Å². The number of anilines is 1. The predicted molar refractivity (Wildman–Crippen MR) is 109 cm³/mol. The summed E-state index contributed by atoms with van der Waals surface area (Å²) in [6.45, 7) is 5.08. The average Bonchev–Trinajstić information content (AvgIpc) is 3.11. The number of carbonyl (C=O) groups is 2. The van der Waals surface area contributed by atoms with Crippen molar-refractivity contribution in [3.63, 3.8) is 0 Å². The van der Waals surface area contributed by atoms with Crippen molar-refractivity contribution in [3.8, 4) is 5.75 Å². The Morgan fingerprint density at radius 3 is 2.68 bits per heavy atom. The Bertz CT molecular complexity index is 854. The first-order chi connectivity index (χ1) is 13.3. The second-order valence-electron chi connectivity index (χ2n) is 8.02. The second kappa shape index (κ2) is 8.02. The van der Waals surface area contributed by atoms with E-state index < -0.39 is 6.10 Å². The van der Waals surface area contributed by atoms with E-state index in [1.165, 1.54) is 0 Å². The monoisotopic (exact) mass is 381 g/mol. The average molecular weight is 381 g/mol. The number of nitrogens with two attached hydrogens (primary N) is 1. The van der Waals surface area contributed by atoms with Gasteiger partial charge in [0.2, 0.25) is 0 Å². The SMILES string of the molecule is CN(CC(C)(C)CN)C(=O)c1cccc(NC(=O)C2Cc3ccccc3O2)c1. The molecule has 1 unspecified atom stereocenters. The molecule has 0 radical (unpaired) electrons. The van der Waals surface area contributed by atoms with Gasteiger partial charge in [-0.25, -0.2) is 0 Å². The third kappa shape index (κ3) is 4.51. The summed E-state index contributed by atoms with van der Waals surface area (Å²) >= 11 is 0. The van der Waals surface area contributed by atoms with Crippen molar-refractivity contribution >= 4 is 17.5 Å². The summed E-state index contributed by atoms with van der Waals surface area (Å²) in [4.78, 5) is 27.0. The maximum Gasteiger partial charge on any atom is 0.265 e. The Labute approximate surface area is 165 Å². The van der Waals surface area contributed by atoms with Crippen LogP contribution in [0.2, 0.25) is 0 Å². The van der Waals surface area contributed by atoms with Gasteiger partial charge in [-0.3, -0.25) is 9.59 Å². The van der Waals surface area contributed by atoms with Crippen LogP contribution in [0.4, 0.5) is 5.69 Å². The van der Waals surface area contributed by atoms with Crippen molar-refractivity contribution in [1.29, 1.82) is 0 Å². The Hall–Kier alpha value is -2.86. The molecule has 2 aromatic carbocycles. The van der Waals surface area contributed by atoms with E-state index in [0.717, 1.165) is 11.3 Å². The van der Waals surface area contributed by atoms with E-state index >= 15 is 0 Å². The summed E-state index contributed by atoms with van der Waals surface area (Å²) in [5.74, 6) is 0.413. The van der Waals surface area contributed by atoms with Crippen LogP contribution in [0.5, 0.6) is 5.75 Å². The fourth-order valence-corrected chi connectivity index (χ4v) is 3.28. The van der Waals surface area contributed by atoms with Crippen LogP contribution in [0.3, 0.4) is 0 Å². The van der Waals surface area contributed by atoms with E-state index in [0.29, 0.717) is 30.8 Å². The Kier molecular flexibility index (Phi) is 5.70. The molecule has 0 saturated carbocycles. The topological polar surface area (TPSA) is 84.7 Å². The summed E-state index contributed by atoms with van der Waals surface area (Å²) < 4.78 is 5.72. The molecule has 0 aliphatic carbocycles. The van der Waals surface area contributed by atoms with Gasteiger partial charge in [0.05, 0.1) is 0 Å². The molecule has 6 heteroatoms. The number of amides is 2. The first-order valence-electron chi connectivity index (χ1n) is 9.40. The molecule has 3 N–H and O–H groups in total. The van der Waals surface area contributed by atoms with Crippen LogP contribution in [0, 0.1) is 5.41 Å². The van der Waals surface area contributed by atoms with Crippen molar-refractivity contribution in [2.45, 2.75) is 26.4 Å². The number of carbonyl (C=O) groups excluding carboxylic acids is 2. The minimum absolute atomic E-state index is 0.109. The first kappa shape index (κ1) is 19.9. The van der Waals surface area contributed by atoms with Crippen LogP contribution >= 0.6 is 0 Å². The van der Waals surface area contributed by atoms with E-state index in [1.54, 1.807) is 36.2 Å². The molecule has 1 heterocycles. The van der Waals surface area contributed by atoms with Gasteiger partial charge in [-0.05, 0) is 41.8 Å². The van der Waals surface area contributed by atoms with Crippen molar-refractivity contribution < 1.29 is 14.3 Å². The summed E-state index contributed by atoms with van der Waals surface area (Å²) in [5.41, 5.74) is 7.72. The molecule has 0 saturated heterocycles. The number of nitrogens with zero attached hydrogens (tertiary/aromatic N) is 1. The molecule has 2 aromatic rings. The minimum Gasteiger partial charge on any atom is -0.480 e. The van der Waals surface area contributed by atoms with Gasteiger partial charge in [-0.2, -0.15) is 0 Å². The second-order valence-corrected chi connectivity index (χ2v) is 8.02. The van der Waals surface area contributed by atoms with Gasteiger partial charge in [0, 0.05) is 31.3 Å². The number of benzene rings is 2. The molecule has 3 rings (SSSR count). The lowest BCUT2D eigenvalue weighted by Crippen LogP contribution is -2.39. The third-order valence-corrected chi connectivity index (χ3v) is 4.88. The number of hydrogen-bond acceptors (Lipinski definition) is 4. The highest BCUT2D eigenvalue weighted by Crippen LogP contribution is 2.28. The smallest absolute Gasteiger partial charge is 0.265 e. The van der Waals surface area contributed by atoms with Crippen LogP contribution in [0.15, 0.2) is 48.5 Å². The van der Waals surface area contributed by atoms with Gasteiger partial charge in [0.1, 0.15) is 5.75 Å². The lowest BCUT2D eigenvalue weighted by molar-refractivity contribution is -0.122. The molecule has 6 nitrogen and oxygen atoms in total. The number of fused-ring (bicyclic) bond motifs is 1. The Balaban J connectivity index is 1.65. The standard InChI is InChI=1S/C22H27N3O3/c1-22(2,13-23)14-25(3)21(27)16-8-6-9-17(11-16)24-20(26)19-12-15-7-4-5-10-18(15)28-19/h4-11,19H,12-14,23H2,1-3H3,(H,24,26). The van der Waals surface area contributed by atoms with Crippen LogP contribution in [-0.2, 0) is 11.2 Å². The lowest BCUT2D eigenvalue weighted by Gasteiger charge is -2.29. The highest BCUT2D eigenvalue weighted by atomic mass is 16.5. The summed E-state index contributed by atoms with van der Waals surface area (Å²) in [6.07, 6.45) is -0.0258. The number of para-hydroxylation sites is 1. The number of nitrogens with one attached hydrogen (secondary N) is 1. The summed E-state index contributed by atoms with van der Waals surface area (Å²) in [5, 5.41) is 2.86. The van der Waals surface area contributed by atoms with Crippen LogP contribution in [0.25, 0.3) is 0 Å². The molecule has 1 aliphatic rings. The van der Waals surface area contributed by atoms with Gasteiger partial charge in [0.15, 0.2) is 6.10 Å². The Morgan fingerprint density at radius 2 is 1.96 bits per heavy atom. The van der Waals surface area contributed by atoms with Gasteiger partial charge >= 0.3 is 0 Å². The first-order valence-corrected chi connectivity index (χ1v) is 9.40. The maximum atomic E-state index is 12.7. The van der Waals surface area contributed by atoms with Crippen LogP contribution < -0.4 is 15.8 Å². The number of rotatable bonds is 6. The summed E-state index contributed by atoms with van der Waals surface area (Å²) in [6, 6.07) is 14.6. The highest BCUT2D eigenvalue weighted by Gasteiger charge is 2.29. The van der Waals surface area contributed by atoms with Gasteiger partial charge < -0.3 is 20.7 Å². The van der Waals surface area contributed by atoms with E-state index in [2.05, 4.69) is 5.32 Å². The largest absolute Gasteiger partial charge is 0.480 e. The van der Waals surface area contributed by atoms with Crippen LogP contribution in [0.1, 0.15) is 29.8 Å². The van der Waals surface area contributed by atoms with E-state index in [9.17, 15) is 9.59 Å². The minimum atomic E-state index is -0.565. The van der Waals surface area contributed by atoms with Crippen molar-refractivity contribution in [2.24, 2.45) is 11.1 Å². The molecule has 2 amide bonds. The third-order valence-electron chi connectivity index (χ3n) is 4.88. The molecule has 28 heavy (non-hydrogen) atoms. The van der Waals surface area contributed by atoms with Crippen molar-refractivity contribution in [2.75, 3.05) is 25.5 Å². The zero-order valence-electron chi connectivity index (χ0n) is 16.6. The molecule has 1 aliphatic heterocycles. The van der Waals surface area contributed by atoms with Gasteiger partial charge in [-0.15, -0.1) is 0 Å². The van der Waals surface area contributed by atoms with Gasteiger partial charge in [0.25, 0.3) is 11.8 Å². The molecular weight excluding hydrogens is 354 g/mol. The molecule has 0 spiro atoms. The highest BCUT2D eigenvalue weighted by molar-refractivity contribution is 5.98. The molecular formula is C22H27N3O3. The fraction of sp³-hybridized carbons (Fsp3) is 0.364. The molecule has 1 atom stereocenters. The number of hydrogen-bond donors (Lipinski definition) is 2. The van der Waals surface area contributed by atoms with Crippen molar-refractivity contribution in [1.82, 2.24) is 4.90 Å². The van der Waals surface area contributed by atoms with Crippen molar-refractivity contribution in [3.05, 3.63) is 59.7 Å². The molecule has 0 aromatic heterocycles. The molecule has 0 fully saturated rings. The lowest BCUT2D eigenvalue weighted by atomic mass is 9.93. The molecule has 148 valence electrons. The Morgan fingerprint density at radius 1 is 1.21 bits per heavy atom. The number of ether oxygens (including phenoxy) is 1. The predicted octanol–water partition coefficient (Wildman–Crippen LogP) is 2.69. The van der Waals surface area contributed by atoms with E-state index in [1.807, 2.05) is 38.1 Å². The maximum absolute atomic E-state index is 12.7. The van der Waals surface area contributed by atoms with E-state index in [4.69, 9.17) is 10.5 Å². The van der Waals surface area contributed by atoms with Gasteiger partial charge in [-0.1, -0.05) is 38.1 Å². The normalized spacial score (nSPS) is 15.5. The molecule has 0 bridgehead atoms. The quantitative estimate of drug-likeness (QED) is 0.806.